The Labute approximate surface area is 336 Å². The van der Waals surface area contributed by atoms with E-state index < -0.39 is 5.41 Å². The van der Waals surface area contributed by atoms with Crippen molar-refractivity contribution in [2.75, 3.05) is 4.90 Å². The number of fused-ring (bicyclic) bond motifs is 12. The van der Waals surface area contributed by atoms with E-state index in [9.17, 15) is 0 Å². The average molecular weight is 732 g/mol. The fourth-order valence-electron chi connectivity index (χ4n) is 11.0. The molecule has 8 aromatic carbocycles. The van der Waals surface area contributed by atoms with Crippen LogP contribution in [0.2, 0.25) is 0 Å². The molecule has 11 rings (SSSR count). The van der Waals surface area contributed by atoms with E-state index in [4.69, 9.17) is 0 Å². The van der Waals surface area contributed by atoms with Gasteiger partial charge in [0, 0.05) is 27.9 Å². The Morgan fingerprint density at radius 1 is 0.333 bits per heavy atom. The van der Waals surface area contributed by atoms with Gasteiger partial charge in [0.2, 0.25) is 0 Å². The van der Waals surface area contributed by atoms with E-state index >= 15 is 0 Å². The second-order valence-electron chi connectivity index (χ2n) is 17.3. The molecule has 3 aliphatic carbocycles. The zero-order valence-electron chi connectivity index (χ0n) is 33.3. The van der Waals surface area contributed by atoms with Crippen molar-refractivity contribution in [2.24, 2.45) is 0 Å². The molecule has 8 aromatic rings. The van der Waals surface area contributed by atoms with Crippen molar-refractivity contribution < 1.29 is 0 Å². The van der Waals surface area contributed by atoms with Crippen molar-refractivity contribution in [3.8, 4) is 33.4 Å². The third-order valence-electron chi connectivity index (χ3n) is 13.7. The maximum absolute atomic E-state index is 2.53. The molecule has 57 heavy (non-hydrogen) atoms. The molecule has 0 bridgehead atoms. The molecule has 0 unspecified atom stereocenters. The van der Waals surface area contributed by atoms with Gasteiger partial charge in [0.1, 0.15) is 0 Å². The molecule has 0 aliphatic heterocycles. The van der Waals surface area contributed by atoms with E-state index in [-0.39, 0.29) is 10.8 Å². The van der Waals surface area contributed by atoms with Crippen molar-refractivity contribution in [3.63, 3.8) is 0 Å². The second-order valence-corrected chi connectivity index (χ2v) is 17.3. The number of hydrogen-bond donors (Lipinski definition) is 0. The summed E-state index contributed by atoms with van der Waals surface area (Å²) in [5.74, 6) is 0. The van der Waals surface area contributed by atoms with E-state index in [1.807, 2.05) is 0 Å². The highest BCUT2D eigenvalue weighted by Gasteiger charge is 2.53. The summed E-state index contributed by atoms with van der Waals surface area (Å²) < 4.78 is 0. The molecular formula is C56H45N. The largest absolute Gasteiger partial charge is 0.310 e. The highest BCUT2D eigenvalue weighted by Crippen LogP contribution is 2.63. The van der Waals surface area contributed by atoms with Crippen LogP contribution in [-0.4, -0.2) is 0 Å². The van der Waals surface area contributed by atoms with Crippen LogP contribution in [0.15, 0.2) is 182 Å². The first-order valence-electron chi connectivity index (χ1n) is 20.4. The fourth-order valence-corrected chi connectivity index (χ4v) is 11.0. The molecule has 0 atom stereocenters. The number of benzene rings is 8. The van der Waals surface area contributed by atoms with Crippen LogP contribution in [0.5, 0.6) is 0 Å². The van der Waals surface area contributed by atoms with Crippen molar-refractivity contribution in [1.29, 1.82) is 0 Å². The van der Waals surface area contributed by atoms with Crippen molar-refractivity contribution in [2.45, 2.75) is 50.9 Å². The molecule has 0 heterocycles. The molecule has 0 aromatic heterocycles. The zero-order valence-corrected chi connectivity index (χ0v) is 33.3. The summed E-state index contributed by atoms with van der Waals surface area (Å²) in [6, 6.07) is 68.7. The topological polar surface area (TPSA) is 3.24 Å². The van der Waals surface area contributed by atoms with Crippen LogP contribution in [0.3, 0.4) is 0 Å². The first kappa shape index (κ1) is 33.9. The number of anilines is 3. The summed E-state index contributed by atoms with van der Waals surface area (Å²) in [7, 11) is 0. The first-order valence-corrected chi connectivity index (χ1v) is 20.4. The molecule has 0 fully saturated rings. The highest BCUT2D eigenvalue weighted by atomic mass is 15.1. The smallest absolute Gasteiger partial charge is 0.0720 e. The Balaban J connectivity index is 1.18. The third kappa shape index (κ3) is 4.57. The Bertz CT molecular complexity index is 2880. The minimum absolute atomic E-state index is 0.119. The van der Waals surface area contributed by atoms with Gasteiger partial charge in [0.15, 0.2) is 0 Å². The van der Waals surface area contributed by atoms with Crippen LogP contribution in [0, 0.1) is 6.92 Å². The SMILES string of the molecule is Cc1cc(-c2ccccc2)ccc1N(c1ccc2c(c1)C(C)(C)c1ccccc1-2)c1ccc2c(c1)C1(c3ccccc3-2)c2ccccc2C(C)(C)c2ccccc21. The normalized spacial score (nSPS) is 15.5. The molecule has 1 heteroatoms. The number of rotatable bonds is 4. The van der Waals surface area contributed by atoms with Crippen LogP contribution >= 0.6 is 0 Å². The average Bonchev–Trinajstić information content (AvgIpc) is 3.66. The fraction of sp³-hybridized carbons (Fsp3) is 0.143. The van der Waals surface area contributed by atoms with Gasteiger partial charge in [-0.1, -0.05) is 173 Å². The second kappa shape index (κ2) is 12.0. The molecule has 0 amide bonds. The predicted octanol–water partition coefficient (Wildman–Crippen LogP) is 14.4. The molecule has 1 nitrogen and oxygen atoms in total. The van der Waals surface area contributed by atoms with Gasteiger partial charge in [-0.2, -0.15) is 0 Å². The first-order chi connectivity index (χ1) is 27.7. The van der Waals surface area contributed by atoms with Crippen molar-refractivity contribution in [1.82, 2.24) is 0 Å². The van der Waals surface area contributed by atoms with Crippen LogP contribution in [0.4, 0.5) is 17.1 Å². The van der Waals surface area contributed by atoms with E-state index in [1.54, 1.807) is 0 Å². The maximum Gasteiger partial charge on any atom is 0.0720 e. The van der Waals surface area contributed by atoms with Crippen LogP contribution in [0.25, 0.3) is 33.4 Å². The summed E-state index contributed by atoms with van der Waals surface area (Å²) in [5, 5.41) is 0. The van der Waals surface area contributed by atoms with Crippen LogP contribution in [-0.2, 0) is 16.2 Å². The number of aryl methyl sites for hydroxylation is 1. The standard InChI is InChI=1S/C56H45N/c1-36-33-38(37-17-7-6-8-18-37)27-32-53(36)57(39-28-30-43-41-19-9-11-21-45(41)54(2,3)51(43)34-39)40-29-31-44-42-20-10-12-22-46(42)56(52(44)35-40)49-25-15-13-23-47(49)55(4,5)48-24-14-16-26-50(48)56/h6-35H,1-5H3. The lowest BCUT2D eigenvalue weighted by Gasteiger charge is -2.46. The summed E-state index contributed by atoms with van der Waals surface area (Å²) >= 11 is 0. The summed E-state index contributed by atoms with van der Waals surface area (Å²) in [5.41, 5.74) is 22.7. The van der Waals surface area contributed by atoms with Crippen molar-refractivity contribution in [3.05, 3.63) is 232 Å². The lowest BCUT2D eigenvalue weighted by Crippen LogP contribution is -2.40. The molecular weight excluding hydrogens is 687 g/mol. The van der Waals surface area contributed by atoms with Gasteiger partial charge in [-0.25, -0.2) is 0 Å². The van der Waals surface area contributed by atoms with Gasteiger partial charge in [0.25, 0.3) is 0 Å². The molecule has 0 N–H and O–H groups in total. The summed E-state index contributed by atoms with van der Waals surface area (Å²) in [4.78, 5) is 2.52. The number of nitrogens with zero attached hydrogens (tertiary/aromatic N) is 1. The minimum Gasteiger partial charge on any atom is -0.310 e. The lowest BCUT2D eigenvalue weighted by molar-refractivity contribution is 0.563. The van der Waals surface area contributed by atoms with E-state index in [1.165, 1.54) is 94.8 Å². The molecule has 0 saturated carbocycles. The van der Waals surface area contributed by atoms with E-state index in [0.29, 0.717) is 0 Å². The molecule has 274 valence electrons. The molecule has 0 saturated heterocycles. The Kier molecular flexibility index (Phi) is 7.15. The highest BCUT2D eigenvalue weighted by molar-refractivity contribution is 5.92. The quantitative estimate of drug-likeness (QED) is 0.174. The summed E-state index contributed by atoms with van der Waals surface area (Å²) in [6.07, 6.45) is 0. The van der Waals surface area contributed by atoms with Gasteiger partial charge in [-0.3, -0.25) is 0 Å². The third-order valence-corrected chi connectivity index (χ3v) is 13.7. The van der Waals surface area contributed by atoms with Gasteiger partial charge in [-0.05, 0) is 127 Å². The lowest BCUT2D eigenvalue weighted by atomic mass is 9.55. The van der Waals surface area contributed by atoms with Gasteiger partial charge in [-0.15, -0.1) is 0 Å². The monoisotopic (exact) mass is 731 g/mol. The van der Waals surface area contributed by atoms with Gasteiger partial charge in [0.05, 0.1) is 5.41 Å². The molecule has 0 radical (unpaired) electrons. The van der Waals surface area contributed by atoms with Crippen molar-refractivity contribution >= 4 is 17.1 Å². The molecule has 1 spiro atoms. The molecule has 3 aliphatic rings. The number of hydrogen-bond acceptors (Lipinski definition) is 1. The van der Waals surface area contributed by atoms with Crippen LogP contribution < -0.4 is 4.90 Å². The minimum atomic E-state index is -0.468. The van der Waals surface area contributed by atoms with Gasteiger partial charge < -0.3 is 4.90 Å². The van der Waals surface area contributed by atoms with Crippen LogP contribution in [0.1, 0.15) is 77.8 Å². The van der Waals surface area contributed by atoms with E-state index in [2.05, 4.69) is 222 Å². The Hall–Kier alpha value is -6.44. The Morgan fingerprint density at radius 3 is 1.40 bits per heavy atom. The van der Waals surface area contributed by atoms with E-state index in [0.717, 1.165) is 5.69 Å². The Morgan fingerprint density at radius 2 is 0.789 bits per heavy atom. The predicted molar refractivity (Wildman–Crippen MR) is 238 cm³/mol. The summed E-state index contributed by atoms with van der Waals surface area (Å²) in [6.45, 7) is 11.8. The zero-order chi connectivity index (χ0) is 38.7. The van der Waals surface area contributed by atoms with Gasteiger partial charge >= 0.3 is 0 Å². The maximum atomic E-state index is 2.53.